The molecule has 5 nitrogen and oxygen atoms in total. The van der Waals surface area contributed by atoms with E-state index in [0.29, 0.717) is 18.8 Å². The van der Waals surface area contributed by atoms with Gasteiger partial charge in [0.25, 0.3) is 0 Å². The van der Waals surface area contributed by atoms with Gasteiger partial charge in [-0.05, 0) is 12.1 Å². The van der Waals surface area contributed by atoms with Crippen LogP contribution in [0.4, 0.5) is 0 Å². The molecule has 0 spiro atoms. The van der Waals surface area contributed by atoms with E-state index in [4.69, 9.17) is 26.2 Å². The number of aromatic nitrogens is 1. The molecule has 0 amide bonds. The van der Waals surface area contributed by atoms with Crippen LogP contribution in [0, 0.1) is 0 Å². The lowest BCUT2D eigenvalue weighted by atomic mass is 10.2. The van der Waals surface area contributed by atoms with Crippen molar-refractivity contribution in [1.82, 2.24) is 4.98 Å². The van der Waals surface area contributed by atoms with Gasteiger partial charge < -0.3 is 14.6 Å². The number of pyridine rings is 1. The molecule has 1 aliphatic rings. The van der Waals surface area contributed by atoms with E-state index in [0.717, 1.165) is 0 Å². The molecule has 2 rings (SSSR count). The van der Waals surface area contributed by atoms with E-state index in [2.05, 4.69) is 4.98 Å². The highest BCUT2D eigenvalue weighted by Gasteiger charge is 2.22. The number of aromatic carboxylic acids is 1. The molecule has 1 saturated heterocycles. The molecule has 0 aromatic carbocycles. The zero-order valence-electron chi connectivity index (χ0n) is 7.64. The fourth-order valence-electron chi connectivity index (χ4n) is 1.28. The predicted molar refractivity (Wildman–Crippen MR) is 50.9 cm³/mol. The Labute approximate surface area is 90.6 Å². The minimum absolute atomic E-state index is 0.0956. The van der Waals surface area contributed by atoms with E-state index in [9.17, 15) is 4.79 Å². The summed E-state index contributed by atoms with van der Waals surface area (Å²) in [5.74, 6) is -1.11. The van der Waals surface area contributed by atoms with Crippen molar-refractivity contribution in [3.05, 3.63) is 28.5 Å². The first kappa shape index (κ1) is 10.4. The van der Waals surface area contributed by atoms with Crippen LogP contribution in [0.15, 0.2) is 12.1 Å². The fourth-order valence-corrected chi connectivity index (χ4v) is 1.52. The molecule has 0 bridgehead atoms. The van der Waals surface area contributed by atoms with Crippen molar-refractivity contribution in [3.8, 4) is 0 Å². The van der Waals surface area contributed by atoms with Gasteiger partial charge >= 0.3 is 5.97 Å². The van der Waals surface area contributed by atoms with Crippen LogP contribution in [0.2, 0.25) is 5.15 Å². The molecule has 0 saturated carbocycles. The zero-order valence-corrected chi connectivity index (χ0v) is 8.40. The van der Waals surface area contributed by atoms with E-state index in [1.54, 1.807) is 6.07 Å². The van der Waals surface area contributed by atoms with Gasteiger partial charge in [0.1, 0.15) is 10.8 Å². The molecule has 0 aliphatic carbocycles. The fraction of sp³-hybridized carbons (Fsp3) is 0.333. The molecular formula is C9H8ClNO4. The largest absolute Gasteiger partial charge is 0.477 e. The zero-order chi connectivity index (χ0) is 10.8. The summed E-state index contributed by atoms with van der Waals surface area (Å²) in [4.78, 5) is 14.3. The third-order valence-electron chi connectivity index (χ3n) is 1.97. The number of hydrogen-bond acceptors (Lipinski definition) is 4. The van der Waals surface area contributed by atoms with Crippen molar-refractivity contribution >= 4 is 17.6 Å². The first-order valence-electron chi connectivity index (χ1n) is 4.31. The Morgan fingerprint density at radius 2 is 2.13 bits per heavy atom. The maximum atomic E-state index is 10.6. The van der Waals surface area contributed by atoms with Crippen LogP contribution < -0.4 is 0 Å². The Morgan fingerprint density at radius 1 is 1.47 bits per heavy atom. The lowest BCUT2D eigenvalue weighted by Gasteiger charge is -2.10. The summed E-state index contributed by atoms with van der Waals surface area (Å²) in [6, 6.07) is 2.92. The van der Waals surface area contributed by atoms with Crippen LogP contribution in [0.25, 0.3) is 0 Å². The lowest BCUT2D eigenvalue weighted by Crippen LogP contribution is -2.05. The molecule has 80 valence electrons. The molecular weight excluding hydrogens is 222 g/mol. The normalized spacial score (nSPS) is 16.9. The summed E-state index contributed by atoms with van der Waals surface area (Å²) in [5, 5.41) is 8.78. The third-order valence-corrected chi connectivity index (χ3v) is 2.28. The van der Waals surface area contributed by atoms with Crippen LogP contribution in [-0.4, -0.2) is 29.3 Å². The highest BCUT2D eigenvalue weighted by molar-refractivity contribution is 6.30. The lowest BCUT2D eigenvalue weighted by molar-refractivity contribution is -0.0442. The van der Waals surface area contributed by atoms with Gasteiger partial charge in [-0.15, -0.1) is 0 Å². The Balaban J connectivity index is 2.29. The first-order valence-corrected chi connectivity index (χ1v) is 4.69. The number of carbonyl (C=O) groups is 1. The minimum Gasteiger partial charge on any atom is -0.477 e. The highest BCUT2D eigenvalue weighted by Crippen LogP contribution is 2.28. The second-order valence-electron chi connectivity index (χ2n) is 2.96. The van der Waals surface area contributed by atoms with Crippen LogP contribution in [0.1, 0.15) is 22.3 Å². The molecule has 0 radical (unpaired) electrons. The molecule has 15 heavy (non-hydrogen) atoms. The van der Waals surface area contributed by atoms with E-state index in [-0.39, 0.29) is 10.8 Å². The molecule has 6 heteroatoms. The number of rotatable bonds is 2. The van der Waals surface area contributed by atoms with Gasteiger partial charge in [0.2, 0.25) is 0 Å². The van der Waals surface area contributed by atoms with Crippen molar-refractivity contribution in [1.29, 1.82) is 0 Å². The van der Waals surface area contributed by atoms with Crippen LogP contribution in [0.3, 0.4) is 0 Å². The van der Waals surface area contributed by atoms with E-state index < -0.39 is 12.3 Å². The number of carboxylic acids is 1. The number of carboxylic acid groups (broad SMARTS) is 1. The molecule has 1 fully saturated rings. The molecule has 1 aromatic heterocycles. The monoisotopic (exact) mass is 229 g/mol. The quantitative estimate of drug-likeness (QED) is 0.778. The summed E-state index contributed by atoms with van der Waals surface area (Å²) < 4.78 is 10.5. The van der Waals surface area contributed by atoms with E-state index >= 15 is 0 Å². The van der Waals surface area contributed by atoms with E-state index in [1.807, 2.05) is 0 Å². The Hall–Kier alpha value is -1.17. The van der Waals surface area contributed by atoms with Gasteiger partial charge in [0.05, 0.1) is 13.2 Å². The van der Waals surface area contributed by atoms with Gasteiger partial charge in [0, 0.05) is 5.56 Å². The maximum absolute atomic E-state index is 10.6. The van der Waals surface area contributed by atoms with Gasteiger partial charge in [-0.2, -0.15) is 0 Å². The summed E-state index contributed by atoms with van der Waals surface area (Å²) in [5.41, 5.74) is 0.459. The molecule has 1 N–H and O–H groups in total. The van der Waals surface area contributed by atoms with Gasteiger partial charge in [-0.3, -0.25) is 0 Å². The summed E-state index contributed by atoms with van der Waals surface area (Å²) in [6.45, 7) is 1.00. The van der Waals surface area contributed by atoms with E-state index in [1.165, 1.54) is 6.07 Å². The number of halogens is 1. The Kier molecular flexibility index (Phi) is 2.86. The number of ether oxygens (including phenoxy) is 2. The van der Waals surface area contributed by atoms with Crippen molar-refractivity contribution in [2.75, 3.05) is 13.2 Å². The van der Waals surface area contributed by atoms with Crippen molar-refractivity contribution in [2.24, 2.45) is 0 Å². The Bertz CT molecular complexity index is 390. The van der Waals surface area contributed by atoms with Gasteiger partial charge in [-0.25, -0.2) is 9.78 Å². The van der Waals surface area contributed by atoms with Crippen LogP contribution >= 0.6 is 11.6 Å². The molecule has 1 aliphatic heterocycles. The summed E-state index contributed by atoms with van der Waals surface area (Å²) >= 11 is 5.82. The average Bonchev–Trinajstić information content (AvgIpc) is 2.70. The smallest absolute Gasteiger partial charge is 0.354 e. The molecule has 0 unspecified atom stereocenters. The van der Waals surface area contributed by atoms with Crippen LogP contribution in [0.5, 0.6) is 0 Å². The SMILES string of the molecule is O=C(O)c1ccc(C2OCCO2)c(Cl)n1. The van der Waals surface area contributed by atoms with Crippen molar-refractivity contribution < 1.29 is 19.4 Å². The highest BCUT2D eigenvalue weighted by atomic mass is 35.5. The number of nitrogens with zero attached hydrogens (tertiary/aromatic N) is 1. The standard InChI is InChI=1S/C9H8ClNO4/c10-7-5(9-14-3-4-15-9)1-2-6(11-7)8(12)13/h1-2,9H,3-4H2,(H,12,13). The summed E-state index contributed by atoms with van der Waals surface area (Å²) in [7, 11) is 0. The predicted octanol–water partition coefficient (Wildman–Crippen LogP) is 1.48. The molecule has 0 atom stereocenters. The first-order chi connectivity index (χ1) is 7.18. The number of hydrogen-bond donors (Lipinski definition) is 1. The van der Waals surface area contributed by atoms with Gasteiger partial charge in [0.15, 0.2) is 6.29 Å². The third kappa shape index (κ3) is 2.09. The second kappa shape index (κ2) is 4.14. The average molecular weight is 230 g/mol. The Morgan fingerprint density at radius 3 is 2.67 bits per heavy atom. The van der Waals surface area contributed by atoms with Gasteiger partial charge in [-0.1, -0.05) is 11.6 Å². The topological polar surface area (TPSA) is 68.7 Å². The maximum Gasteiger partial charge on any atom is 0.354 e. The molecule has 2 heterocycles. The summed E-state index contributed by atoms with van der Waals surface area (Å²) in [6.07, 6.45) is -0.534. The second-order valence-corrected chi connectivity index (χ2v) is 3.31. The van der Waals surface area contributed by atoms with Crippen molar-refractivity contribution in [2.45, 2.75) is 6.29 Å². The minimum atomic E-state index is -1.11. The van der Waals surface area contributed by atoms with Crippen molar-refractivity contribution in [3.63, 3.8) is 0 Å². The molecule has 1 aromatic rings. The van der Waals surface area contributed by atoms with Crippen LogP contribution in [-0.2, 0) is 9.47 Å².